The van der Waals surface area contributed by atoms with Gasteiger partial charge in [-0.05, 0) is 28.8 Å². The largest absolute Gasteiger partial charge is 0.461 e. The zero-order chi connectivity index (χ0) is 19.3. The molecule has 5 heteroatoms. The minimum atomic E-state index is -0.470. The first-order valence-corrected chi connectivity index (χ1v) is 9.93. The summed E-state index contributed by atoms with van der Waals surface area (Å²) < 4.78 is 5.38. The molecule has 1 amide bonds. The van der Waals surface area contributed by atoms with Crippen LogP contribution in [0.2, 0.25) is 0 Å². The summed E-state index contributed by atoms with van der Waals surface area (Å²) in [4.78, 5) is 25.4. The van der Waals surface area contributed by atoms with Crippen LogP contribution in [0.15, 0.2) is 83.8 Å². The molecule has 0 spiro atoms. The average molecular weight is 389 g/mol. The summed E-state index contributed by atoms with van der Waals surface area (Å²) in [6, 6.07) is 25.6. The van der Waals surface area contributed by atoms with Gasteiger partial charge >= 0.3 is 5.97 Å². The molecule has 1 heterocycles. The Morgan fingerprint density at radius 3 is 2.36 bits per heavy atom. The highest BCUT2D eigenvalue weighted by Crippen LogP contribution is 2.36. The summed E-state index contributed by atoms with van der Waals surface area (Å²) in [5.41, 5.74) is 3.97. The number of hydrogen-bond acceptors (Lipinski definition) is 4. The van der Waals surface area contributed by atoms with E-state index in [1.165, 1.54) is 11.8 Å². The summed E-state index contributed by atoms with van der Waals surface area (Å²) in [5.74, 6) is -0.535. The highest BCUT2D eigenvalue weighted by atomic mass is 32.2. The Morgan fingerprint density at radius 1 is 0.893 bits per heavy atom. The molecule has 140 valence electrons. The molecule has 0 aromatic heterocycles. The maximum Gasteiger partial charge on any atom is 0.307 e. The van der Waals surface area contributed by atoms with Crippen molar-refractivity contribution in [1.82, 2.24) is 0 Å². The Labute approximate surface area is 167 Å². The van der Waals surface area contributed by atoms with E-state index in [-0.39, 0.29) is 24.9 Å². The van der Waals surface area contributed by atoms with Crippen LogP contribution in [0.1, 0.15) is 12.0 Å². The monoisotopic (exact) mass is 389 g/mol. The van der Waals surface area contributed by atoms with E-state index in [0.29, 0.717) is 0 Å². The Morgan fingerprint density at radius 2 is 1.57 bits per heavy atom. The van der Waals surface area contributed by atoms with Crippen LogP contribution in [-0.4, -0.2) is 17.1 Å². The van der Waals surface area contributed by atoms with Crippen LogP contribution in [0.5, 0.6) is 0 Å². The van der Waals surface area contributed by atoms with Crippen LogP contribution in [0.25, 0.3) is 11.1 Å². The van der Waals surface area contributed by atoms with E-state index < -0.39 is 5.25 Å². The van der Waals surface area contributed by atoms with Crippen molar-refractivity contribution in [3.05, 3.63) is 84.4 Å². The van der Waals surface area contributed by atoms with Gasteiger partial charge in [0.15, 0.2) is 0 Å². The number of para-hydroxylation sites is 1. The number of benzene rings is 3. The third kappa shape index (κ3) is 4.26. The van der Waals surface area contributed by atoms with Gasteiger partial charge in [-0.3, -0.25) is 9.59 Å². The number of ether oxygens (including phenoxy) is 1. The first-order valence-electron chi connectivity index (χ1n) is 9.05. The van der Waals surface area contributed by atoms with Crippen molar-refractivity contribution in [2.45, 2.75) is 23.2 Å². The molecule has 0 aliphatic carbocycles. The molecule has 1 atom stereocenters. The molecule has 0 saturated heterocycles. The standard InChI is InChI=1S/C23H19NO3S/c25-22(14-21-23(26)24-19-8-4-5-9-20(19)28-21)27-15-16-10-12-18(13-11-16)17-6-2-1-3-7-17/h1-13,21H,14-15H2,(H,24,26)/t21-/m0/s1. The molecular formula is C23H19NO3S. The Bertz CT molecular complexity index is 986. The second kappa shape index (κ2) is 8.31. The minimum Gasteiger partial charge on any atom is -0.461 e. The smallest absolute Gasteiger partial charge is 0.307 e. The van der Waals surface area contributed by atoms with E-state index in [2.05, 4.69) is 17.4 Å². The lowest BCUT2D eigenvalue weighted by Crippen LogP contribution is -2.31. The molecule has 0 unspecified atom stereocenters. The van der Waals surface area contributed by atoms with Gasteiger partial charge in [0.1, 0.15) is 6.61 Å². The quantitative estimate of drug-likeness (QED) is 0.631. The predicted molar refractivity (Wildman–Crippen MR) is 111 cm³/mol. The fourth-order valence-corrected chi connectivity index (χ4v) is 4.12. The molecule has 0 radical (unpaired) electrons. The van der Waals surface area contributed by atoms with E-state index in [1.807, 2.05) is 66.7 Å². The SMILES string of the molecule is O=C(C[C@@H]1Sc2ccccc2NC1=O)OCc1ccc(-c2ccccc2)cc1. The summed E-state index contributed by atoms with van der Waals surface area (Å²) in [7, 11) is 0. The second-order valence-electron chi connectivity index (χ2n) is 6.52. The number of rotatable bonds is 5. The molecule has 0 fully saturated rings. The van der Waals surface area contributed by atoms with Gasteiger partial charge in [-0.15, -0.1) is 11.8 Å². The lowest BCUT2D eigenvalue weighted by Gasteiger charge is -2.23. The van der Waals surface area contributed by atoms with Crippen molar-refractivity contribution < 1.29 is 14.3 Å². The molecule has 3 aromatic rings. The number of carbonyl (C=O) groups is 2. The summed E-state index contributed by atoms with van der Waals surface area (Å²) in [6.45, 7) is 0.198. The van der Waals surface area contributed by atoms with Crippen molar-refractivity contribution in [2.75, 3.05) is 5.32 Å². The van der Waals surface area contributed by atoms with E-state index >= 15 is 0 Å². The van der Waals surface area contributed by atoms with Crippen LogP contribution in [0.4, 0.5) is 5.69 Å². The number of anilines is 1. The molecular weight excluding hydrogens is 370 g/mol. The highest BCUT2D eigenvalue weighted by molar-refractivity contribution is 8.01. The predicted octanol–water partition coefficient (Wildman–Crippen LogP) is 4.90. The first-order chi connectivity index (χ1) is 13.7. The summed E-state index contributed by atoms with van der Waals surface area (Å²) >= 11 is 1.40. The molecule has 1 aliphatic heterocycles. The van der Waals surface area contributed by atoms with E-state index in [1.54, 1.807) is 0 Å². The van der Waals surface area contributed by atoms with Gasteiger partial charge < -0.3 is 10.1 Å². The van der Waals surface area contributed by atoms with Crippen molar-refractivity contribution in [3.8, 4) is 11.1 Å². The number of esters is 1. The van der Waals surface area contributed by atoms with Crippen LogP contribution >= 0.6 is 11.8 Å². The number of thioether (sulfide) groups is 1. The zero-order valence-corrected chi connectivity index (χ0v) is 15.9. The molecule has 1 N–H and O–H groups in total. The fraction of sp³-hybridized carbons (Fsp3) is 0.130. The lowest BCUT2D eigenvalue weighted by atomic mass is 10.0. The second-order valence-corrected chi connectivity index (χ2v) is 7.76. The maximum atomic E-state index is 12.2. The number of fused-ring (bicyclic) bond motifs is 1. The Hall–Kier alpha value is -3.05. The van der Waals surface area contributed by atoms with E-state index in [4.69, 9.17) is 4.74 Å². The Kier molecular flexibility index (Phi) is 5.44. The molecule has 3 aromatic carbocycles. The molecule has 28 heavy (non-hydrogen) atoms. The van der Waals surface area contributed by atoms with E-state index in [0.717, 1.165) is 27.3 Å². The van der Waals surface area contributed by atoms with Gasteiger partial charge in [-0.25, -0.2) is 0 Å². The molecule has 1 aliphatic rings. The third-order valence-corrected chi connectivity index (χ3v) is 5.79. The normalized spacial score (nSPS) is 15.4. The lowest BCUT2D eigenvalue weighted by molar-refractivity contribution is -0.145. The van der Waals surface area contributed by atoms with Crippen molar-refractivity contribution >= 4 is 29.3 Å². The average Bonchev–Trinajstić information content (AvgIpc) is 2.74. The maximum absolute atomic E-state index is 12.2. The molecule has 0 bridgehead atoms. The van der Waals surface area contributed by atoms with Gasteiger partial charge in [0.05, 0.1) is 17.4 Å². The molecule has 0 saturated carbocycles. The van der Waals surface area contributed by atoms with Gasteiger partial charge in [-0.1, -0.05) is 66.7 Å². The zero-order valence-electron chi connectivity index (χ0n) is 15.1. The number of amides is 1. The number of carbonyl (C=O) groups excluding carboxylic acids is 2. The third-order valence-electron chi connectivity index (χ3n) is 4.52. The first kappa shape index (κ1) is 18.3. The summed E-state index contributed by atoms with van der Waals surface area (Å²) in [5, 5.41) is 2.37. The topological polar surface area (TPSA) is 55.4 Å². The number of hydrogen-bond donors (Lipinski definition) is 1. The molecule has 4 rings (SSSR count). The van der Waals surface area contributed by atoms with Gasteiger partial charge in [0.25, 0.3) is 0 Å². The fourth-order valence-electron chi connectivity index (χ4n) is 3.03. The number of nitrogens with one attached hydrogen (secondary N) is 1. The van der Waals surface area contributed by atoms with Crippen LogP contribution < -0.4 is 5.32 Å². The highest BCUT2D eigenvalue weighted by Gasteiger charge is 2.29. The molecule has 4 nitrogen and oxygen atoms in total. The van der Waals surface area contributed by atoms with Crippen LogP contribution in [0, 0.1) is 0 Å². The van der Waals surface area contributed by atoms with E-state index in [9.17, 15) is 9.59 Å². The van der Waals surface area contributed by atoms with Crippen LogP contribution in [0.3, 0.4) is 0 Å². The van der Waals surface area contributed by atoms with Crippen LogP contribution in [-0.2, 0) is 20.9 Å². The summed E-state index contributed by atoms with van der Waals surface area (Å²) in [6.07, 6.45) is 0.0485. The minimum absolute atomic E-state index is 0.0485. The van der Waals surface area contributed by atoms with Crippen molar-refractivity contribution in [1.29, 1.82) is 0 Å². The van der Waals surface area contributed by atoms with Crippen molar-refractivity contribution in [3.63, 3.8) is 0 Å². The van der Waals surface area contributed by atoms with Gasteiger partial charge in [-0.2, -0.15) is 0 Å². The van der Waals surface area contributed by atoms with Crippen molar-refractivity contribution in [2.24, 2.45) is 0 Å². The Balaban J connectivity index is 1.32. The van der Waals surface area contributed by atoms with Gasteiger partial charge in [0, 0.05) is 4.90 Å². The van der Waals surface area contributed by atoms with Gasteiger partial charge in [0.2, 0.25) is 5.91 Å².